The minimum atomic E-state index is -0.658. The van der Waals surface area contributed by atoms with E-state index in [0.29, 0.717) is 5.92 Å². The summed E-state index contributed by atoms with van der Waals surface area (Å²) in [5.41, 5.74) is 2.79. The van der Waals surface area contributed by atoms with E-state index in [0.717, 1.165) is 18.4 Å². The Hall–Kier alpha value is -1.60. The third-order valence-corrected chi connectivity index (χ3v) is 3.95. The third-order valence-electron chi connectivity index (χ3n) is 3.95. The van der Waals surface area contributed by atoms with Crippen molar-refractivity contribution < 1.29 is 5.11 Å². The minimum Gasteiger partial charge on any atom is -0.385 e. The van der Waals surface area contributed by atoms with Crippen molar-refractivity contribution >= 4 is 0 Å². The van der Waals surface area contributed by atoms with Crippen molar-refractivity contribution in [3.63, 3.8) is 0 Å². The first-order valence-corrected chi connectivity index (χ1v) is 6.56. The van der Waals surface area contributed by atoms with Crippen molar-refractivity contribution in [2.45, 2.75) is 25.4 Å². The molecule has 1 N–H and O–H groups in total. The molecule has 1 fully saturated rings. The molecule has 18 heavy (non-hydrogen) atoms. The van der Waals surface area contributed by atoms with Crippen LogP contribution < -0.4 is 0 Å². The van der Waals surface area contributed by atoms with Crippen LogP contribution in [0.15, 0.2) is 54.6 Å². The summed E-state index contributed by atoms with van der Waals surface area (Å²) in [7, 11) is 0. The van der Waals surface area contributed by atoms with Gasteiger partial charge in [0.25, 0.3) is 0 Å². The van der Waals surface area contributed by atoms with Gasteiger partial charge in [0, 0.05) is 0 Å². The molecule has 1 unspecified atom stereocenters. The highest BCUT2D eigenvalue weighted by atomic mass is 16.3. The maximum atomic E-state index is 10.5. The summed E-state index contributed by atoms with van der Waals surface area (Å²) in [5, 5.41) is 10.5. The number of hydrogen-bond acceptors (Lipinski definition) is 1. The monoisotopic (exact) mass is 238 g/mol. The second-order valence-electron chi connectivity index (χ2n) is 5.37. The molecular weight excluding hydrogens is 220 g/mol. The predicted octanol–water partition coefficient (Wildman–Crippen LogP) is 3.97. The molecule has 92 valence electrons. The zero-order valence-corrected chi connectivity index (χ0v) is 10.6. The normalized spacial score (nSPS) is 18.3. The number of hydrogen-bond donors (Lipinski definition) is 1. The highest BCUT2D eigenvalue weighted by Crippen LogP contribution is 2.45. The Labute approximate surface area is 108 Å². The summed E-state index contributed by atoms with van der Waals surface area (Å²) in [6.07, 6.45) is 2.29. The second-order valence-corrected chi connectivity index (χ2v) is 5.37. The highest BCUT2D eigenvalue weighted by Gasteiger charge is 2.40. The van der Waals surface area contributed by atoms with Crippen LogP contribution in [0, 0.1) is 5.92 Å². The van der Waals surface area contributed by atoms with Crippen molar-refractivity contribution in [1.29, 1.82) is 0 Å². The molecule has 1 heteroatoms. The van der Waals surface area contributed by atoms with Gasteiger partial charge in [0.05, 0.1) is 5.60 Å². The lowest BCUT2D eigenvalue weighted by molar-refractivity contribution is 0.0331. The van der Waals surface area contributed by atoms with Crippen LogP contribution >= 0.6 is 0 Å². The van der Waals surface area contributed by atoms with Gasteiger partial charge in [-0.15, -0.1) is 0 Å². The van der Waals surface area contributed by atoms with E-state index in [1.807, 2.05) is 25.1 Å². The van der Waals surface area contributed by atoms with E-state index in [2.05, 4.69) is 36.4 Å². The van der Waals surface area contributed by atoms with E-state index < -0.39 is 5.60 Å². The Bertz CT molecular complexity index is 521. The maximum Gasteiger partial charge on any atom is 0.0896 e. The summed E-state index contributed by atoms with van der Waals surface area (Å²) < 4.78 is 0. The Morgan fingerprint density at radius 3 is 2.00 bits per heavy atom. The predicted molar refractivity (Wildman–Crippen MR) is 74.2 cm³/mol. The number of rotatable bonds is 3. The van der Waals surface area contributed by atoms with Crippen LogP contribution in [0.5, 0.6) is 0 Å². The average Bonchev–Trinajstić information content (AvgIpc) is 3.25. The molecule has 0 spiro atoms. The minimum absolute atomic E-state index is 0.445. The smallest absolute Gasteiger partial charge is 0.0896 e. The van der Waals surface area contributed by atoms with E-state index in [-0.39, 0.29) is 0 Å². The molecule has 0 saturated heterocycles. The molecule has 0 radical (unpaired) electrons. The summed E-state index contributed by atoms with van der Waals surface area (Å²) in [5.74, 6) is 0.445. The van der Waals surface area contributed by atoms with E-state index in [1.54, 1.807) is 0 Å². The van der Waals surface area contributed by atoms with E-state index in [9.17, 15) is 5.11 Å². The van der Waals surface area contributed by atoms with Crippen LogP contribution in [0.3, 0.4) is 0 Å². The van der Waals surface area contributed by atoms with Gasteiger partial charge in [-0.05, 0) is 42.4 Å². The largest absolute Gasteiger partial charge is 0.385 e. The molecule has 1 atom stereocenters. The molecule has 2 aromatic carbocycles. The van der Waals surface area contributed by atoms with Crippen LogP contribution in [0.2, 0.25) is 0 Å². The molecule has 0 heterocycles. The quantitative estimate of drug-likeness (QED) is 0.857. The summed E-state index contributed by atoms with van der Waals surface area (Å²) in [6, 6.07) is 18.6. The van der Waals surface area contributed by atoms with E-state index >= 15 is 0 Å². The number of benzene rings is 2. The maximum absolute atomic E-state index is 10.5. The van der Waals surface area contributed by atoms with Crippen molar-refractivity contribution in [2.75, 3.05) is 0 Å². The third kappa shape index (κ3) is 2.06. The molecule has 1 aliphatic rings. The molecule has 1 nitrogen and oxygen atoms in total. The fourth-order valence-electron chi connectivity index (χ4n) is 2.51. The first kappa shape index (κ1) is 11.5. The molecule has 1 saturated carbocycles. The average molecular weight is 238 g/mol. The van der Waals surface area contributed by atoms with Crippen LogP contribution in [0.25, 0.3) is 11.1 Å². The zero-order chi connectivity index (χ0) is 12.6. The van der Waals surface area contributed by atoms with Crippen LogP contribution in [0.1, 0.15) is 25.3 Å². The molecule has 0 aromatic heterocycles. The standard InChI is InChI=1S/C17H18O/c1-17(18,16-11-12-16)15-9-7-14(8-10-15)13-5-3-2-4-6-13/h2-10,16,18H,11-12H2,1H3. The Balaban J connectivity index is 1.90. The van der Waals surface area contributed by atoms with Gasteiger partial charge in [-0.3, -0.25) is 0 Å². The molecule has 0 amide bonds. The highest BCUT2D eigenvalue weighted by molar-refractivity contribution is 5.63. The number of aliphatic hydroxyl groups is 1. The van der Waals surface area contributed by atoms with Crippen molar-refractivity contribution in [1.82, 2.24) is 0 Å². The topological polar surface area (TPSA) is 20.2 Å². The van der Waals surface area contributed by atoms with Gasteiger partial charge in [-0.1, -0.05) is 54.6 Å². The van der Waals surface area contributed by atoms with Crippen LogP contribution in [-0.4, -0.2) is 5.11 Å². The zero-order valence-electron chi connectivity index (χ0n) is 10.6. The van der Waals surface area contributed by atoms with Crippen molar-refractivity contribution in [2.24, 2.45) is 5.92 Å². The van der Waals surface area contributed by atoms with Crippen LogP contribution in [0.4, 0.5) is 0 Å². The lowest BCUT2D eigenvalue weighted by Gasteiger charge is -2.23. The van der Waals surface area contributed by atoms with Gasteiger partial charge >= 0.3 is 0 Å². The summed E-state index contributed by atoms with van der Waals surface area (Å²) in [6.45, 7) is 1.93. The Morgan fingerprint density at radius 2 is 1.44 bits per heavy atom. The van der Waals surface area contributed by atoms with Gasteiger partial charge in [-0.25, -0.2) is 0 Å². The van der Waals surface area contributed by atoms with Gasteiger partial charge in [-0.2, -0.15) is 0 Å². The molecule has 2 aromatic rings. The van der Waals surface area contributed by atoms with E-state index in [1.165, 1.54) is 11.1 Å². The molecule has 0 bridgehead atoms. The summed E-state index contributed by atoms with van der Waals surface area (Å²) in [4.78, 5) is 0. The lowest BCUT2D eigenvalue weighted by atomic mass is 9.90. The van der Waals surface area contributed by atoms with Gasteiger partial charge in [0.1, 0.15) is 0 Å². The van der Waals surface area contributed by atoms with Gasteiger partial charge < -0.3 is 5.11 Å². The summed E-state index contributed by atoms with van der Waals surface area (Å²) >= 11 is 0. The first-order chi connectivity index (χ1) is 8.68. The SMILES string of the molecule is CC(O)(c1ccc(-c2ccccc2)cc1)C1CC1. The lowest BCUT2D eigenvalue weighted by Crippen LogP contribution is -2.23. The van der Waals surface area contributed by atoms with Crippen molar-refractivity contribution in [3.8, 4) is 11.1 Å². The fraction of sp³-hybridized carbons (Fsp3) is 0.294. The Kier molecular flexibility index (Phi) is 2.71. The van der Waals surface area contributed by atoms with Crippen LogP contribution in [-0.2, 0) is 5.60 Å². The second kappa shape index (κ2) is 4.25. The molecule has 3 rings (SSSR count). The molecular formula is C17H18O. The van der Waals surface area contributed by atoms with E-state index in [4.69, 9.17) is 0 Å². The molecule has 0 aliphatic heterocycles. The Morgan fingerprint density at radius 1 is 0.889 bits per heavy atom. The van der Waals surface area contributed by atoms with Crippen molar-refractivity contribution in [3.05, 3.63) is 60.2 Å². The van der Waals surface area contributed by atoms with Gasteiger partial charge in [0.2, 0.25) is 0 Å². The fourth-order valence-corrected chi connectivity index (χ4v) is 2.51. The first-order valence-electron chi connectivity index (χ1n) is 6.56. The molecule has 1 aliphatic carbocycles. The van der Waals surface area contributed by atoms with Gasteiger partial charge in [0.15, 0.2) is 0 Å².